The van der Waals surface area contributed by atoms with E-state index in [0.29, 0.717) is 6.42 Å². The lowest BCUT2D eigenvalue weighted by Crippen LogP contribution is -2.33. The maximum absolute atomic E-state index is 11.5. The lowest BCUT2D eigenvalue weighted by atomic mass is 10.3. The summed E-state index contributed by atoms with van der Waals surface area (Å²) < 4.78 is 5.36. The number of ether oxygens (including phenoxy) is 1. The molecule has 1 aliphatic rings. The molecule has 1 unspecified atom stereocenters. The summed E-state index contributed by atoms with van der Waals surface area (Å²) in [6, 6.07) is 0. The number of carbonyl (C=O) groups excluding carboxylic acids is 1. The number of hydrogen-bond acceptors (Lipinski definition) is 4. The van der Waals surface area contributed by atoms with Crippen LogP contribution in [0.2, 0.25) is 0 Å². The molecule has 1 fully saturated rings. The van der Waals surface area contributed by atoms with E-state index in [1.165, 1.54) is 0 Å². The SMILES string of the molecule is CCN(CC)CC(C)OC(=O)CCN1CC1. The van der Waals surface area contributed by atoms with Gasteiger partial charge in [-0.25, -0.2) is 0 Å². The number of likely N-dealkylation sites (N-methyl/N-ethyl adjacent to an activating group) is 1. The van der Waals surface area contributed by atoms with Crippen LogP contribution in [0.15, 0.2) is 0 Å². The highest BCUT2D eigenvalue weighted by Gasteiger charge is 2.19. The summed E-state index contributed by atoms with van der Waals surface area (Å²) in [6.07, 6.45) is 0.532. The zero-order valence-corrected chi connectivity index (χ0v) is 10.7. The Morgan fingerprint density at radius 1 is 1.38 bits per heavy atom. The molecular formula is C12H24N2O2. The van der Waals surface area contributed by atoms with E-state index in [9.17, 15) is 4.79 Å². The van der Waals surface area contributed by atoms with E-state index in [2.05, 4.69) is 23.6 Å². The van der Waals surface area contributed by atoms with Gasteiger partial charge in [-0.3, -0.25) is 4.79 Å². The average Bonchev–Trinajstić information content (AvgIpc) is 3.06. The molecule has 94 valence electrons. The van der Waals surface area contributed by atoms with Crippen LogP contribution >= 0.6 is 0 Å². The Morgan fingerprint density at radius 2 is 2.00 bits per heavy atom. The molecule has 4 heteroatoms. The molecule has 1 rings (SSSR count). The Balaban J connectivity index is 2.10. The van der Waals surface area contributed by atoms with Gasteiger partial charge in [0.2, 0.25) is 0 Å². The average molecular weight is 228 g/mol. The summed E-state index contributed by atoms with van der Waals surface area (Å²) in [5.74, 6) is -0.0634. The zero-order valence-electron chi connectivity index (χ0n) is 10.7. The van der Waals surface area contributed by atoms with E-state index in [1.54, 1.807) is 0 Å². The van der Waals surface area contributed by atoms with Gasteiger partial charge in [-0.1, -0.05) is 13.8 Å². The van der Waals surface area contributed by atoms with Crippen molar-refractivity contribution >= 4 is 5.97 Å². The first-order chi connectivity index (χ1) is 7.65. The fraction of sp³-hybridized carbons (Fsp3) is 0.917. The number of nitrogens with zero attached hydrogens (tertiary/aromatic N) is 2. The molecule has 1 saturated heterocycles. The van der Waals surface area contributed by atoms with Crippen molar-refractivity contribution in [3.05, 3.63) is 0 Å². The van der Waals surface area contributed by atoms with Crippen molar-refractivity contribution in [1.29, 1.82) is 0 Å². The van der Waals surface area contributed by atoms with Crippen LogP contribution in [-0.4, -0.2) is 61.1 Å². The molecule has 0 amide bonds. The Bertz CT molecular complexity index is 213. The van der Waals surface area contributed by atoms with Crippen molar-refractivity contribution < 1.29 is 9.53 Å². The predicted molar refractivity (Wildman–Crippen MR) is 64.4 cm³/mol. The van der Waals surface area contributed by atoms with Gasteiger partial charge >= 0.3 is 5.97 Å². The van der Waals surface area contributed by atoms with Crippen LogP contribution in [0.5, 0.6) is 0 Å². The Morgan fingerprint density at radius 3 is 2.50 bits per heavy atom. The molecule has 1 aliphatic heterocycles. The summed E-state index contributed by atoms with van der Waals surface area (Å²) in [5, 5.41) is 0. The van der Waals surface area contributed by atoms with Crippen molar-refractivity contribution in [2.45, 2.75) is 33.3 Å². The van der Waals surface area contributed by atoms with Gasteiger partial charge in [-0.2, -0.15) is 0 Å². The molecule has 0 aromatic carbocycles. The van der Waals surface area contributed by atoms with E-state index >= 15 is 0 Å². The standard InChI is InChI=1S/C12H24N2O2/c1-4-13(5-2)10-11(3)16-12(15)6-7-14-8-9-14/h11H,4-10H2,1-3H3. The normalized spacial score (nSPS) is 17.5. The second-order valence-electron chi connectivity index (χ2n) is 4.38. The maximum Gasteiger partial charge on any atom is 0.307 e. The number of hydrogen-bond donors (Lipinski definition) is 0. The molecule has 0 bridgehead atoms. The van der Waals surface area contributed by atoms with Gasteiger partial charge in [0.25, 0.3) is 0 Å². The third-order valence-corrected chi connectivity index (χ3v) is 2.91. The maximum atomic E-state index is 11.5. The fourth-order valence-electron chi connectivity index (χ4n) is 1.71. The van der Waals surface area contributed by atoms with Gasteiger partial charge in [-0.05, 0) is 20.0 Å². The van der Waals surface area contributed by atoms with Crippen molar-refractivity contribution in [2.24, 2.45) is 0 Å². The minimum absolute atomic E-state index is 0.00148. The van der Waals surface area contributed by atoms with Crippen LogP contribution in [0.4, 0.5) is 0 Å². The van der Waals surface area contributed by atoms with Crippen LogP contribution in [0.25, 0.3) is 0 Å². The Hall–Kier alpha value is -0.610. The van der Waals surface area contributed by atoms with Crippen molar-refractivity contribution in [2.75, 3.05) is 39.3 Å². The third-order valence-electron chi connectivity index (χ3n) is 2.91. The Kier molecular flexibility index (Phi) is 5.77. The van der Waals surface area contributed by atoms with Crippen LogP contribution in [-0.2, 0) is 9.53 Å². The molecule has 1 heterocycles. The van der Waals surface area contributed by atoms with Crippen LogP contribution < -0.4 is 0 Å². The van der Waals surface area contributed by atoms with Gasteiger partial charge in [0.15, 0.2) is 0 Å². The van der Waals surface area contributed by atoms with Crippen molar-refractivity contribution in [3.63, 3.8) is 0 Å². The molecule has 4 nitrogen and oxygen atoms in total. The molecule has 0 aromatic heterocycles. The largest absolute Gasteiger partial charge is 0.461 e. The van der Waals surface area contributed by atoms with Crippen LogP contribution in [0.3, 0.4) is 0 Å². The summed E-state index contributed by atoms with van der Waals surface area (Å²) in [5.41, 5.74) is 0. The first-order valence-corrected chi connectivity index (χ1v) is 6.29. The second kappa shape index (κ2) is 6.86. The zero-order chi connectivity index (χ0) is 12.0. The number of carbonyl (C=O) groups is 1. The number of esters is 1. The topological polar surface area (TPSA) is 32.5 Å². The van der Waals surface area contributed by atoms with Gasteiger partial charge in [0, 0.05) is 26.2 Å². The molecule has 0 aliphatic carbocycles. The first-order valence-electron chi connectivity index (χ1n) is 6.29. The summed E-state index contributed by atoms with van der Waals surface area (Å²) in [7, 11) is 0. The van der Waals surface area contributed by atoms with E-state index in [4.69, 9.17) is 4.74 Å². The lowest BCUT2D eigenvalue weighted by Gasteiger charge is -2.22. The lowest BCUT2D eigenvalue weighted by molar-refractivity contribution is -0.149. The Labute approximate surface area is 98.5 Å². The van der Waals surface area contributed by atoms with E-state index in [-0.39, 0.29) is 12.1 Å². The summed E-state index contributed by atoms with van der Waals surface area (Å²) in [4.78, 5) is 16.0. The second-order valence-corrected chi connectivity index (χ2v) is 4.38. The minimum Gasteiger partial charge on any atom is -0.461 e. The van der Waals surface area contributed by atoms with Crippen molar-refractivity contribution in [3.8, 4) is 0 Å². The predicted octanol–water partition coefficient (Wildman–Crippen LogP) is 0.966. The molecule has 0 spiro atoms. The molecule has 16 heavy (non-hydrogen) atoms. The molecular weight excluding hydrogens is 204 g/mol. The highest BCUT2D eigenvalue weighted by Crippen LogP contribution is 2.05. The van der Waals surface area contributed by atoms with Gasteiger partial charge in [0.1, 0.15) is 6.10 Å². The molecule has 0 radical (unpaired) electrons. The molecule has 0 N–H and O–H groups in total. The number of rotatable bonds is 8. The monoisotopic (exact) mass is 228 g/mol. The van der Waals surface area contributed by atoms with Gasteiger partial charge in [0.05, 0.1) is 6.42 Å². The van der Waals surface area contributed by atoms with Crippen LogP contribution in [0.1, 0.15) is 27.2 Å². The first kappa shape index (κ1) is 13.5. The molecule has 1 atom stereocenters. The highest BCUT2D eigenvalue weighted by atomic mass is 16.5. The van der Waals surface area contributed by atoms with E-state index in [1.807, 2.05) is 6.92 Å². The third kappa shape index (κ3) is 5.47. The van der Waals surface area contributed by atoms with E-state index < -0.39 is 0 Å². The van der Waals surface area contributed by atoms with Crippen LogP contribution in [0, 0.1) is 0 Å². The van der Waals surface area contributed by atoms with E-state index in [0.717, 1.165) is 39.3 Å². The molecule has 0 saturated carbocycles. The fourth-order valence-corrected chi connectivity index (χ4v) is 1.71. The minimum atomic E-state index is -0.0634. The highest BCUT2D eigenvalue weighted by molar-refractivity contribution is 5.69. The van der Waals surface area contributed by atoms with Crippen molar-refractivity contribution in [1.82, 2.24) is 9.80 Å². The van der Waals surface area contributed by atoms with Gasteiger partial charge in [-0.15, -0.1) is 0 Å². The summed E-state index contributed by atoms with van der Waals surface area (Å²) in [6.45, 7) is 12.2. The summed E-state index contributed by atoms with van der Waals surface area (Å²) >= 11 is 0. The van der Waals surface area contributed by atoms with Gasteiger partial charge < -0.3 is 14.5 Å². The quantitative estimate of drug-likeness (QED) is 0.458. The smallest absolute Gasteiger partial charge is 0.307 e. The molecule has 0 aromatic rings.